The van der Waals surface area contributed by atoms with Crippen LogP contribution in [0.4, 0.5) is 13.2 Å². The van der Waals surface area contributed by atoms with E-state index in [0.717, 1.165) is 4.31 Å². The summed E-state index contributed by atoms with van der Waals surface area (Å²) in [4.78, 5) is 16.8. The fourth-order valence-corrected chi connectivity index (χ4v) is 2.84. The average Bonchev–Trinajstić information content (AvgIpc) is 2.37. The number of carbonyl (C=O) groups is 1. The van der Waals surface area contributed by atoms with E-state index in [1.54, 1.807) is 6.92 Å². The maximum Gasteiger partial charge on any atom is 0.413 e. The number of alkyl halides is 3. The molecule has 0 aromatic rings. The number of piperidine rings is 1. The number of nitrogens with zero attached hydrogens (tertiary/aromatic N) is 1. The Hall–Kier alpha value is -0.910. The van der Waals surface area contributed by atoms with Gasteiger partial charge in [0.15, 0.2) is 6.61 Å². The fourth-order valence-electron chi connectivity index (χ4n) is 1.83. The molecule has 0 aliphatic carbocycles. The lowest BCUT2D eigenvalue weighted by molar-refractivity contribution is -0.181. The summed E-state index contributed by atoms with van der Waals surface area (Å²) in [6, 6.07) is 0. The third-order valence-electron chi connectivity index (χ3n) is 2.81. The summed E-state index contributed by atoms with van der Waals surface area (Å²) in [6.45, 7) is 0.206. The van der Waals surface area contributed by atoms with Crippen LogP contribution in [0.15, 0.2) is 0 Å². The second-order valence-corrected chi connectivity index (χ2v) is 6.05. The molecule has 0 aromatic carbocycles. The molecule has 1 aliphatic heterocycles. The van der Waals surface area contributed by atoms with Crippen LogP contribution in [0.25, 0.3) is 0 Å². The van der Waals surface area contributed by atoms with Crippen molar-refractivity contribution < 1.29 is 36.0 Å². The fraction of sp³-hybridized carbons (Fsp3) is 0.900. The zero-order chi connectivity index (χ0) is 16.1. The normalized spacial score (nSPS) is 18.7. The standard InChI is InChI=1S/C10H17F3N2O5S/c1-2-19-9(16)8-3-5-15(6-4-8)21(17,18)14-20-7-10(11,12)13/h8,14H,2-7H2,1H3. The van der Waals surface area contributed by atoms with Gasteiger partial charge in [0.2, 0.25) is 0 Å². The molecule has 0 aromatic heterocycles. The van der Waals surface area contributed by atoms with Crippen LogP contribution in [-0.4, -0.2) is 51.2 Å². The summed E-state index contributed by atoms with van der Waals surface area (Å²) in [5.74, 6) is -0.789. The van der Waals surface area contributed by atoms with Gasteiger partial charge in [-0.3, -0.25) is 9.63 Å². The van der Waals surface area contributed by atoms with Crippen LogP contribution in [0.3, 0.4) is 0 Å². The predicted octanol–water partition coefficient (Wildman–Crippen LogP) is 0.590. The molecule has 0 spiro atoms. The van der Waals surface area contributed by atoms with E-state index in [1.807, 2.05) is 0 Å². The Morgan fingerprint density at radius 2 is 1.90 bits per heavy atom. The van der Waals surface area contributed by atoms with Gasteiger partial charge in [-0.05, 0) is 19.8 Å². The molecule has 1 heterocycles. The summed E-state index contributed by atoms with van der Waals surface area (Å²) < 4.78 is 64.7. The van der Waals surface area contributed by atoms with Crippen LogP contribution >= 0.6 is 0 Å². The van der Waals surface area contributed by atoms with Crippen molar-refractivity contribution in [1.82, 2.24) is 9.19 Å². The molecule has 0 atom stereocenters. The van der Waals surface area contributed by atoms with Crippen molar-refractivity contribution in [3.63, 3.8) is 0 Å². The van der Waals surface area contributed by atoms with Crippen molar-refractivity contribution >= 4 is 16.2 Å². The number of rotatable bonds is 6. The average molecular weight is 334 g/mol. The van der Waals surface area contributed by atoms with E-state index in [0.29, 0.717) is 0 Å². The summed E-state index contributed by atoms with van der Waals surface area (Å²) >= 11 is 0. The molecular formula is C10H17F3N2O5S. The molecule has 21 heavy (non-hydrogen) atoms. The van der Waals surface area contributed by atoms with E-state index in [1.165, 1.54) is 4.89 Å². The minimum absolute atomic E-state index is 0.00813. The Labute approximate surface area is 120 Å². The predicted molar refractivity (Wildman–Crippen MR) is 65.0 cm³/mol. The molecule has 1 fully saturated rings. The maximum atomic E-state index is 11.9. The van der Waals surface area contributed by atoms with Crippen molar-refractivity contribution in [2.45, 2.75) is 25.9 Å². The van der Waals surface area contributed by atoms with Crippen LogP contribution in [0.5, 0.6) is 0 Å². The second kappa shape index (κ2) is 7.38. The highest BCUT2D eigenvalue weighted by atomic mass is 32.2. The lowest BCUT2D eigenvalue weighted by Crippen LogP contribution is -2.46. The van der Waals surface area contributed by atoms with Gasteiger partial charge >= 0.3 is 22.4 Å². The zero-order valence-corrected chi connectivity index (χ0v) is 12.2. The van der Waals surface area contributed by atoms with E-state index < -0.39 is 34.9 Å². The Balaban J connectivity index is 2.43. The van der Waals surface area contributed by atoms with Crippen LogP contribution in [0.1, 0.15) is 19.8 Å². The first-order valence-corrected chi connectivity index (χ1v) is 7.72. The molecule has 1 saturated heterocycles. The Morgan fingerprint density at radius 3 is 2.38 bits per heavy atom. The lowest BCUT2D eigenvalue weighted by Gasteiger charge is -2.29. The first-order valence-electron chi connectivity index (χ1n) is 6.27. The highest BCUT2D eigenvalue weighted by Crippen LogP contribution is 2.20. The van der Waals surface area contributed by atoms with E-state index >= 15 is 0 Å². The maximum absolute atomic E-state index is 11.9. The van der Waals surface area contributed by atoms with Gasteiger partial charge in [-0.25, -0.2) is 0 Å². The summed E-state index contributed by atoms with van der Waals surface area (Å²) in [6.07, 6.45) is -4.13. The Morgan fingerprint density at radius 1 is 1.33 bits per heavy atom. The minimum Gasteiger partial charge on any atom is -0.466 e. The number of nitrogens with one attached hydrogen (secondary N) is 1. The number of hydrogen-bond acceptors (Lipinski definition) is 5. The smallest absolute Gasteiger partial charge is 0.413 e. The van der Waals surface area contributed by atoms with E-state index in [9.17, 15) is 26.4 Å². The molecule has 124 valence electrons. The molecule has 1 N–H and O–H groups in total. The molecule has 11 heteroatoms. The number of esters is 1. The minimum atomic E-state index is -4.63. The molecule has 0 amide bonds. The van der Waals surface area contributed by atoms with Crippen LogP contribution in [0, 0.1) is 5.92 Å². The van der Waals surface area contributed by atoms with Crippen molar-refractivity contribution in [3.05, 3.63) is 0 Å². The number of carbonyl (C=O) groups excluding carboxylic acids is 1. The first kappa shape index (κ1) is 18.1. The monoisotopic (exact) mass is 334 g/mol. The van der Waals surface area contributed by atoms with Crippen molar-refractivity contribution in [2.75, 3.05) is 26.3 Å². The van der Waals surface area contributed by atoms with Gasteiger partial charge < -0.3 is 4.74 Å². The van der Waals surface area contributed by atoms with E-state index in [-0.39, 0.29) is 32.5 Å². The molecule has 7 nitrogen and oxygen atoms in total. The topological polar surface area (TPSA) is 84.9 Å². The molecular weight excluding hydrogens is 317 g/mol. The van der Waals surface area contributed by atoms with Crippen LogP contribution < -0.4 is 4.89 Å². The van der Waals surface area contributed by atoms with Gasteiger partial charge in [-0.2, -0.15) is 25.9 Å². The third kappa shape index (κ3) is 6.16. The number of hydrogen-bond donors (Lipinski definition) is 1. The highest BCUT2D eigenvalue weighted by molar-refractivity contribution is 7.87. The van der Waals surface area contributed by atoms with Gasteiger partial charge in [0, 0.05) is 13.1 Å². The van der Waals surface area contributed by atoms with Crippen LogP contribution in [0.2, 0.25) is 0 Å². The van der Waals surface area contributed by atoms with Gasteiger partial charge in [0.05, 0.1) is 12.5 Å². The summed E-state index contributed by atoms with van der Waals surface area (Å²) in [5.41, 5.74) is 0. The number of halogens is 3. The van der Waals surface area contributed by atoms with E-state index in [4.69, 9.17) is 4.74 Å². The lowest BCUT2D eigenvalue weighted by atomic mass is 9.98. The van der Waals surface area contributed by atoms with Gasteiger partial charge in [0.1, 0.15) is 0 Å². The zero-order valence-electron chi connectivity index (χ0n) is 11.4. The first-order chi connectivity index (χ1) is 9.65. The molecule has 1 rings (SSSR count). The quantitative estimate of drug-likeness (QED) is 0.568. The Kier molecular flexibility index (Phi) is 6.38. The molecule has 0 saturated carbocycles. The Bertz CT molecular complexity index is 446. The molecule has 1 aliphatic rings. The SMILES string of the molecule is CCOC(=O)C1CCN(S(=O)(=O)NOCC(F)(F)F)CC1. The highest BCUT2D eigenvalue weighted by Gasteiger charge is 2.33. The van der Waals surface area contributed by atoms with Crippen LogP contribution in [-0.2, 0) is 24.6 Å². The molecule has 0 unspecified atom stereocenters. The summed E-state index contributed by atoms with van der Waals surface area (Å²) in [7, 11) is -4.16. The third-order valence-corrected chi connectivity index (χ3v) is 4.19. The van der Waals surface area contributed by atoms with E-state index in [2.05, 4.69) is 4.84 Å². The number of ether oxygens (including phenoxy) is 1. The second-order valence-electron chi connectivity index (χ2n) is 4.42. The van der Waals surface area contributed by atoms with Crippen molar-refractivity contribution in [1.29, 1.82) is 0 Å². The molecule has 0 bridgehead atoms. The van der Waals surface area contributed by atoms with Crippen molar-refractivity contribution in [3.8, 4) is 0 Å². The largest absolute Gasteiger partial charge is 0.466 e. The van der Waals surface area contributed by atoms with Crippen molar-refractivity contribution in [2.24, 2.45) is 5.92 Å². The summed E-state index contributed by atoms with van der Waals surface area (Å²) in [5, 5.41) is 0. The molecule has 0 radical (unpaired) electrons. The van der Waals surface area contributed by atoms with Gasteiger partial charge in [-0.1, -0.05) is 4.89 Å². The van der Waals surface area contributed by atoms with Gasteiger partial charge in [0.25, 0.3) is 0 Å². The van der Waals surface area contributed by atoms with Gasteiger partial charge in [-0.15, -0.1) is 0 Å².